The van der Waals surface area contributed by atoms with Crippen LogP contribution < -0.4 is 5.32 Å². The summed E-state index contributed by atoms with van der Waals surface area (Å²) in [6, 6.07) is 8.52. The summed E-state index contributed by atoms with van der Waals surface area (Å²) in [5, 5.41) is 3.66. The van der Waals surface area contributed by atoms with Crippen molar-refractivity contribution >= 4 is 9.84 Å². The second kappa shape index (κ2) is 6.07. The first-order chi connectivity index (χ1) is 10.0. The molecule has 2 aliphatic heterocycles. The zero-order chi connectivity index (χ0) is 14.9. The predicted molar refractivity (Wildman–Crippen MR) is 84.0 cm³/mol. The fourth-order valence-electron chi connectivity index (χ4n) is 3.59. The molecule has 116 valence electrons. The van der Waals surface area contributed by atoms with Gasteiger partial charge in [0.1, 0.15) is 0 Å². The van der Waals surface area contributed by atoms with E-state index in [9.17, 15) is 8.42 Å². The maximum atomic E-state index is 11.4. The van der Waals surface area contributed by atoms with E-state index >= 15 is 0 Å². The molecule has 1 aromatic carbocycles. The highest BCUT2D eigenvalue weighted by Gasteiger charge is 2.34. The molecule has 2 saturated heterocycles. The second-order valence-corrected chi connectivity index (χ2v) is 8.31. The van der Waals surface area contributed by atoms with Crippen molar-refractivity contribution in [2.45, 2.75) is 49.2 Å². The van der Waals surface area contributed by atoms with Gasteiger partial charge in [0.15, 0.2) is 9.84 Å². The molecule has 0 radical (unpaired) electrons. The summed E-state index contributed by atoms with van der Waals surface area (Å²) in [5.41, 5.74) is 1.15. The molecule has 0 bridgehead atoms. The molecular weight excluding hydrogens is 284 g/mol. The molecule has 3 rings (SSSR count). The Hall–Kier alpha value is -0.910. The highest BCUT2D eigenvalue weighted by molar-refractivity contribution is 7.90. The minimum atomic E-state index is -3.09. The van der Waals surface area contributed by atoms with E-state index < -0.39 is 9.84 Å². The normalized spacial score (nSPS) is 26.7. The molecule has 0 amide bonds. The van der Waals surface area contributed by atoms with Crippen LogP contribution in [0.15, 0.2) is 29.2 Å². The number of nitrogens with zero attached hydrogens (tertiary/aromatic N) is 1. The van der Waals surface area contributed by atoms with Crippen LogP contribution >= 0.6 is 0 Å². The van der Waals surface area contributed by atoms with Gasteiger partial charge in [0, 0.05) is 31.4 Å². The summed E-state index contributed by atoms with van der Waals surface area (Å²) in [6.07, 6.45) is 6.48. The van der Waals surface area contributed by atoms with Crippen LogP contribution in [0.4, 0.5) is 0 Å². The van der Waals surface area contributed by atoms with Gasteiger partial charge in [-0.1, -0.05) is 18.6 Å². The lowest BCUT2D eigenvalue weighted by Gasteiger charge is -2.32. The Bertz CT molecular complexity index is 583. The third kappa shape index (κ3) is 3.47. The SMILES string of the molecule is CS(=O)(=O)c1ccc(CNC2CCN3CCCCC23)cc1. The van der Waals surface area contributed by atoms with Crippen molar-refractivity contribution in [3.8, 4) is 0 Å². The summed E-state index contributed by atoms with van der Waals surface area (Å²) in [7, 11) is -3.09. The van der Waals surface area contributed by atoms with Crippen molar-refractivity contribution in [1.29, 1.82) is 0 Å². The zero-order valence-corrected chi connectivity index (χ0v) is 13.4. The van der Waals surface area contributed by atoms with Crippen molar-refractivity contribution < 1.29 is 8.42 Å². The molecule has 0 aliphatic carbocycles. The predicted octanol–water partition coefficient (Wildman–Crippen LogP) is 1.81. The largest absolute Gasteiger partial charge is 0.308 e. The summed E-state index contributed by atoms with van der Waals surface area (Å²) in [5.74, 6) is 0. The van der Waals surface area contributed by atoms with E-state index in [1.54, 1.807) is 12.1 Å². The standard InChI is InChI=1S/C16H24N2O2S/c1-21(19,20)14-7-5-13(6-8-14)12-17-15-9-11-18-10-3-2-4-16(15)18/h5-8,15-17H,2-4,9-12H2,1H3. The lowest BCUT2D eigenvalue weighted by Crippen LogP contribution is -2.44. The van der Waals surface area contributed by atoms with E-state index in [1.165, 1.54) is 45.0 Å². The van der Waals surface area contributed by atoms with Gasteiger partial charge in [-0.25, -0.2) is 8.42 Å². The number of benzene rings is 1. The molecule has 0 aromatic heterocycles. The van der Waals surface area contributed by atoms with Gasteiger partial charge >= 0.3 is 0 Å². The minimum Gasteiger partial charge on any atom is -0.308 e. The Labute approximate surface area is 127 Å². The first-order valence-electron chi connectivity index (χ1n) is 7.80. The van der Waals surface area contributed by atoms with Crippen LogP contribution in [0.25, 0.3) is 0 Å². The molecule has 2 aliphatic rings. The number of hydrogen-bond acceptors (Lipinski definition) is 4. The molecule has 1 N–H and O–H groups in total. The van der Waals surface area contributed by atoms with Gasteiger partial charge in [-0.2, -0.15) is 0 Å². The Balaban J connectivity index is 1.58. The van der Waals surface area contributed by atoms with Gasteiger partial charge < -0.3 is 5.32 Å². The maximum Gasteiger partial charge on any atom is 0.175 e. The van der Waals surface area contributed by atoms with Gasteiger partial charge in [0.25, 0.3) is 0 Å². The van der Waals surface area contributed by atoms with E-state index in [4.69, 9.17) is 0 Å². The highest BCUT2D eigenvalue weighted by Crippen LogP contribution is 2.27. The smallest absolute Gasteiger partial charge is 0.175 e. The topological polar surface area (TPSA) is 49.4 Å². The molecule has 2 unspecified atom stereocenters. The second-order valence-electron chi connectivity index (χ2n) is 6.29. The van der Waals surface area contributed by atoms with E-state index in [-0.39, 0.29) is 0 Å². The molecule has 2 heterocycles. The molecule has 0 spiro atoms. The summed E-state index contributed by atoms with van der Waals surface area (Å²) in [6.45, 7) is 3.29. The van der Waals surface area contributed by atoms with Crippen molar-refractivity contribution in [1.82, 2.24) is 10.2 Å². The summed E-state index contributed by atoms with van der Waals surface area (Å²) in [4.78, 5) is 3.01. The molecule has 4 nitrogen and oxygen atoms in total. The lowest BCUT2D eigenvalue weighted by molar-refractivity contribution is 0.180. The van der Waals surface area contributed by atoms with Gasteiger partial charge in [-0.05, 0) is 43.5 Å². The van der Waals surface area contributed by atoms with Crippen LogP contribution in [0.3, 0.4) is 0 Å². The minimum absolute atomic E-state index is 0.394. The Kier molecular flexibility index (Phi) is 4.33. The van der Waals surface area contributed by atoms with E-state index in [1.807, 2.05) is 12.1 Å². The maximum absolute atomic E-state index is 11.4. The zero-order valence-electron chi connectivity index (χ0n) is 12.6. The fourth-order valence-corrected chi connectivity index (χ4v) is 4.22. The number of sulfone groups is 1. The van der Waals surface area contributed by atoms with Crippen molar-refractivity contribution in [2.24, 2.45) is 0 Å². The molecule has 2 atom stereocenters. The summed E-state index contributed by atoms with van der Waals surface area (Å²) < 4.78 is 22.9. The van der Waals surface area contributed by atoms with Crippen LogP contribution in [0.1, 0.15) is 31.2 Å². The van der Waals surface area contributed by atoms with Gasteiger partial charge in [-0.3, -0.25) is 4.90 Å². The van der Waals surface area contributed by atoms with E-state index in [0.717, 1.165) is 12.1 Å². The van der Waals surface area contributed by atoms with Crippen molar-refractivity contribution in [2.75, 3.05) is 19.3 Å². The third-order valence-corrected chi connectivity index (χ3v) is 5.90. The number of piperidine rings is 1. The quantitative estimate of drug-likeness (QED) is 0.921. The molecule has 1 aromatic rings. The first-order valence-corrected chi connectivity index (χ1v) is 9.69. The number of hydrogen-bond donors (Lipinski definition) is 1. The molecular formula is C16H24N2O2S. The fraction of sp³-hybridized carbons (Fsp3) is 0.625. The number of fused-ring (bicyclic) bond motifs is 1. The van der Waals surface area contributed by atoms with Crippen LogP contribution in [0.5, 0.6) is 0 Å². The average Bonchev–Trinajstić information content (AvgIpc) is 2.88. The van der Waals surface area contributed by atoms with Crippen molar-refractivity contribution in [3.05, 3.63) is 29.8 Å². The Morgan fingerprint density at radius 3 is 2.62 bits per heavy atom. The number of rotatable bonds is 4. The van der Waals surface area contributed by atoms with Crippen LogP contribution in [-0.4, -0.2) is 44.7 Å². The average molecular weight is 308 g/mol. The van der Waals surface area contributed by atoms with Crippen LogP contribution in [0.2, 0.25) is 0 Å². The Morgan fingerprint density at radius 1 is 1.14 bits per heavy atom. The molecule has 0 saturated carbocycles. The molecule has 5 heteroatoms. The van der Waals surface area contributed by atoms with Crippen molar-refractivity contribution in [3.63, 3.8) is 0 Å². The summed E-state index contributed by atoms with van der Waals surface area (Å²) >= 11 is 0. The molecule has 21 heavy (non-hydrogen) atoms. The molecule has 2 fully saturated rings. The van der Waals surface area contributed by atoms with E-state index in [0.29, 0.717) is 17.0 Å². The monoisotopic (exact) mass is 308 g/mol. The van der Waals surface area contributed by atoms with Gasteiger partial charge in [0.05, 0.1) is 4.90 Å². The number of nitrogens with one attached hydrogen (secondary N) is 1. The Morgan fingerprint density at radius 2 is 1.90 bits per heavy atom. The van der Waals surface area contributed by atoms with Gasteiger partial charge in [-0.15, -0.1) is 0 Å². The highest BCUT2D eigenvalue weighted by atomic mass is 32.2. The first kappa shape index (κ1) is 15.0. The van der Waals surface area contributed by atoms with E-state index in [2.05, 4.69) is 10.2 Å². The van der Waals surface area contributed by atoms with Crippen LogP contribution in [-0.2, 0) is 16.4 Å². The third-order valence-electron chi connectivity index (χ3n) is 4.78. The lowest BCUT2D eigenvalue weighted by atomic mass is 9.99. The van der Waals surface area contributed by atoms with Crippen LogP contribution in [0, 0.1) is 0 Å². The van der Waals surface area contributed by atoms with Gasteiger partial charge in [0.2, 0.25) is 0 Å².